The molecule has 0 radical (unpaired) electrons. The van der Waals surface area contributed by atoms with E-state index in [2.05, 4.69) is 13.8 Å². The summed E-state index contributed by atoms with van der Waals surface area (Å²) in [5.41, 5.74) is 1.06. The Morgan fingerprint density at radius 1 is 1.55 bits per heavy atom. The molecule has 0 aromatic heterocycles. The third-order valence-corrected chi connectivity index (χ3v) is 2.89. The van der Waals surface area contributed by atoms with Crippen molar-refractivity contribution in [2.45, 2.75) is 20.3 Å². The fourth-order valence-corrected chi connectivity index (χ4v) is 1.68. The zero-order valence-electron chi connectivity index (χ0n) is 7.17. The number of allylic oxidation sites excluding steroid dienone is 1. The number of hydrogen-bond donors (Lipinski definition) is 2. The highest BCUT2D eigenvalue weighted by Crippen LogP contribution is 2.42. The molecule has 0 saturated heterocycles. The zero-order valence-corrected chi connectivity index (χ0v) is 7.17. The van der Waals surface area contributed by atoms with Gasteiger partial charge in [0.25, 0.3) is 0 Å². The average molecular weight is 156 g/mol. The van der Waals surface area contributed by atoms with E-state index in [1.54, 1.807) is 0 Å². The van der Waals surface area contributed by atoms with Gasteiger partial charge >= 0.3 is 0 Å². The van der Waals surface area contributed by atoms with Crippen LogP contribution in [0.2, 0.25) is 0 Å². The molecule has 0 aliphatic heterocycles. The summed E-state index contributed by atoms with van der Waals surface area (Å²) < 4.78 is 0. The van der Waals surface area contributed by atoms with Gasteiger partial charge in [0.15, 0.2) is 0 Å². The monoisotopic (exact) mass is 156 g/mol. The van der Waals surface area contributed by atoms with Gasteiger partial charge in [0.2, 0.25) is 0 Å². The first-order chi connectivity index (χ1) is 5.12. The molecule has 1 aliphatic carbocycles. The predicted molar refractivity (Wildman–Crippen MR) is 44.1 cm³/mol. The Morgan fingerprint density at radius 2 is 2.18 bits per heavy atom. The first kappa shape index (κ1) is 8.75. The molecule has 0 bridgehead atoms. The second-order valence-corrected chi connectivity index (χ2v) is 3.72. The van der Waals surface area contributed by atoms with Crippen LogP contribution in [0.5, 0.6) is 0 Å². The van der Waals surface area contributed by atoms with E-state index in [-0.39, 0.29) is 18.6 Å². The molecule has 1 aliphatic rings. The summed E-state index contributed by atoms with van der Waals surface area (Å²) in [5.74, 6) is 0.296. The van der Waals surface area contributed by atoms with Crippen LogP contribution in [0.1, 0.15) is 20.3 Å². The van der Waals surface area contributed by atoms with Gasteiger partial charge in [-0.05, 0) is 23.3 Å². The van der Waals surface area contributed by atoms with Gasteiger partial charge in [-0.3, -0.25) is 0 Å². The van der Waals surface area contributed by atoms with E-state index in [9.17, 15) is 0 Å². The van der Waals surface area contributed by atoms with E-state index in [1.807, 2.05) is 6.08 Å². The predicted octanol–water partition coefficient (Wildman–Crippen LogP) is 0.944. The van der Waals surface area contributed by atoms with Crippen LogP contribution >= 0.6 is 0 Å². The Balaban J connectivity index is 2.74. The van der Waals surface area contributed by atoms with E-state index in [0.29, 0.717) is 5.92 Å². The van der Waals surface area contributed by atoms with Gasteiger partial charge in [0.1, 0.15) is 0 Å². The Labute approximate surface area is 67.6 Å². The molecular formula is C9H16O2. The molecule has 2 heteroatoms. The Hall–Kier alpha value is -0.340. The molecule has 2 nitrogen and oxygen atoms in total. The van der Waals surface area contributed by atoms with Crippen molar-refractivity contribution < 1.29 is 10.2 Å². The van der Waals surface area contributed by atoms with Crippen LogP contribution in [0.3, 0.4) is 0 Å². The standard InChI is InChI=1S/C9H16O2/c1-9(2)7(5-10)3-4-8(9)6-11/h3,8,10-11H,4-6H2,1-2H3. The molecule has 2 N–H and O–H groups in total. The van der Waals surface area contributed by atoms with Crippen molar-refractivity contribution in [1.29, 1.82) is 0 Å². The van der Waals surface area contributed by atoms with Crippen LogP contribution in [0, 0.1) is 11.3 Å². The molecular weight excluding hydrogens is 140 g/mol. The molecule has 11 heavy (non-hydrogen) atoms. The fourth-order valence-electron chi connectivity index (χ4n) is 1.68. The largest absolute Gasteiger partial charge is 0.396 e. The van der Waals surface area contributed by atoms with Crippen molar-refractivity contribution >= 4 is 0 Å². The number of aliphatic hydroxyl groups is 2. The molecule has 64 valence electrons. The van der Waals surface area contributed by atoms with E-state index >= 15 is 0 Å². The summed E-state index contributed by atoms with van der Waals surface area (Å²) in [6, 6.07) is 0. The molecule has 0 heterocycles. The Bertz CT molecular complexity index is 170. The lowest BCUT2D eigenvalue weighted by atomic mass is 9.78. The second kappa shape index (κ2) is 2.95. The molecule has 0 spiro atoms. The summed E-state index contributed by atoms with van der Waals surface area (Å²) >= 11 is 0. The van der Waals surface area contributed by atoms with Gasteiger partial charge in [-0.2, -0.15) is 0 Å². The Morgan fingerprint density at radius 3 is 2.45 bits per heavy atom. The van der Waals surface area contributed by atoms with Crippen LogP contribution in [-0.4, -0.2) is 23.4 Å². The molecule has 1 atom stereocenters. The molecule has 1 unspecified atom stereocenters. The van der Waals surface area contributed by atoms with Crippen molar-refractivity contribution in [2.24, 2.45) is 11.3 Å². The molecule has 0 aromatic rings. The number of aliphatic hydroxyl groups excluding tert-OH is 2. The minimum Gasteiger partial charge on any atom is -0.396 e. The van der Waals surface area contributed by atoms with E-state index in [4.69, 9.17) is 10.2 Å². The van der Waals surface area contributed by atoms with Crippen molar-refractivity contribution in [3.8, 4) is 0 Å². The van der Waals surface area contributed by atoms with Crippen molar-refractivity contribution in [3.63, 3.8) is 0 Å². The molecule has 0 saturated carbocycles. The topological polar surface area (TPSA) is 40.5 Å². The maximum atomic E-state index is 9.00. The number of rotatable bonds is 2. The first-order valence-electron chi connectivity index (χ1n) is 4.04. The SMILES string of the molecule is CC1(C)C(CO)=CCC1CO. The smallest absolute Gasteiger partial charge is 0.0647 e. The minimum atomic E-state index is -0.0104. The van der Waals surface area contributed by atoms with Crippen LogP contribution in [-0.2, 0) is 0 Å². The highest BCUT2D eigenvalue weighted by Gasteiger charge is 2.35. The van der Waals surface area contributed by atoms with Gasteiger partial charge in [-0.1, -0.05) is 19.9 Å². The Kier molecular flexibility index (Phi) is 2.35. The molecule has 1 rings (SSSR count). The maximum Gasteiger partial charge on any atom is 0.0647 e. The van der Waals surface area contributed by atoms with E-state index in [0.717, 1.165) is 12.0 Å². The lowest BCUT2D eigenvalue weighted by Crippen LogP contribution is -2.25. The molecule has 0 amide bonds. The van der Waals surface area contributed by atoms with Gasteiger partial charge < -0.3 is 10.2 Å². The van der Waals surface area contributed by atoms with Crippen LogP contribution < -0.4 is 0 Å². The van der Waals surface area contributed by atoms with Crippen molar-refractivity contribution in [2.75, 3.05) is 13.2 Å². The van der Waals surface area contributed by atoms with Gasteiger partial charge in [-0.25, -0.2) is 0 Å². The highest BCUT2D eigenvalue weighted by molar-refractivity contribution is 5.20. The van der Waals surface area contributed by atoms with Gasteiger partial charge in [0.05, 0.1) is 6.61 Å². The molecule has 0 fully saturated rings. The second-order valence-electron chi connectivity index (χ2n) is 3.72. The van der Waals surface area contributed by atoms with Crippen LogP contribution in [0.15, 0.2) is 11.6 Å². The third kappa shape index (κ3) is 1.33. The summed E-state index contributed by atoms with van der Waals surface area (Å²) in [6.07, 6.45) is 2.94. The lowest BCUT2D eigenvalue weighted by molar-refractivity contribution is 0.148. The molecule has 0 aromatic carbocycles. The van der Waals surface area contributed by atoms with Crippen LogP contribution in [0.25, 0.3) is 0 Å². The minimum absolute atomic E-state index is 0.0104. The zero-order chi connectivity index (χ0) is 8.48. The van der Waals surface area contributed by atoms with Crippen molar-refractivity contribution in [1.82, 2.24) is 0 Å². The van der Waals surface area contributed by atoms with Crippen molar-refractivity contribution in [3.05, 3.63) is 11.6 Å². The van der Waals surface area contributed by atoms with Gasteiger partial charge in [-0.15, -0.1) is 0 Å². The third-order valence-electron chi connectivity index (χ3n) is 2.89. The highest BCUT2D eigenvalue weighted by atomic mass is 16.3. The van der Waals surface area contributed by atoms with E-state index < -0.39 is 0 Å². The summed E-state index contributed by atoms with van der Waals surface area (Å²) in [7, 11) is 0. The lowest BCUT2D eigenvalue weighted by Gasteiger charge is -2.28. The average Bonchev–Trinajstić information content (AvgIpc) is 2.24. The van der Waals surface area contributed by atoms with Crippen LogP contribution in [0.4, 0.5) is 0 Å². The quantitative estimate of drug-likeness (QED) is 0.584. The number of hydrogen-bond acceptors (Lipinski definition) is 2. The van der Waals surface area contributed by atoms with Gasteiger partial charge in [0, 0.05) is 6.61 Å². The first-order valence-corrected chi connectivity index (χ1v) is 4.04. The summed E-state index contributed by atoms with van der Waals surface area (Å²) in [4.78, 5) is 0. The fraction of sp³-hybridized carbons (Fsp3) is 0.778. The van der Waals surface area contributed by atoms with E-state index in [1.165, 1.54) is 0 Å². The summed E-state index contributed by atoms with van der Waals surface area (Å²) in [6.45, 7) is 4.49. The maximum absolute atomic E-state index is 9.00. The summed E-state index contributed by atoms with van der Waals surface area (Å²) in [5, 5.41) is 18.0. The normalized spacial score (nSPS) is 28.7.